The van der Waals surface area contributed by atoms with Crippen molar-refractivity contribution in [1.82, 2.24) is 24.7 Å². The van der Waals surface area contributed by atoms with E-state index in [4.69, 9.17) is 11.6 Å². The van der Waals surface area contributed by atoms with Crippen LogP contribution in [0.25, 0.3) is 5.52 Å². The number of carbonyl (C=O) groups excluding carboxylic acids is 3. The lowest BCUT2D eigenvalue weighted by Crippen LogP contribution is -2.55. The molecule has 2 aromatic heterocycles. The van der Waals surface area contributed by atoms with Crippen LogP contribution < -0.4 is 5.32 Å². The van der Waals surface area contributed by atoms with Crippen molar-refractivity contribution in [1.29, 1.82) is 0 Å². The number of fused-ring (bicyclic) bond motifs is 1. The predicted octanol–water partition coefficient (Wildman–Crippen LogP) is 2.45. The minimum atomic E-state index is -4.68. The van der Waals surface area contributed by atoms with Crippen molar-refractivity contribution < 1.29 is 27.6 Å². The van der Waals surface area contributed by atoms with Gasteiger partial charge in [0.25, 0.3) is 5.91 Å². The molecular weight excluding hydrogens is 463 g/mol. The molecule has 1 N–H and O–H groups in total. The first-order valence-electron chi connectivity index (χ1n) is 10.8. The lowest BCUT2D eigenvalue weighted by molar-refractivity contribution is -0.142. The number of hydrogen-bond acceptors (Lipinski definition) is 4. The molecular formula is C21H21ClF3N5O3. The molecule has 3 aliphatic rings. The van der Waals surface area contributed by atoms with Crippen molar-refractivity contribution in [3.05, 3.63) is 34.1 Å². The van der Waals surface area contributed by atoms with E-state index in [0.717, 1.165) is 25.3 Å². The van der Waals surface area contributed by atoms with Crippen LogP contribution in [0.1, 0.15) is 53.3 Å². The molecule has 0 spiro atoms. The SMILES string of the molecule is O=C1CC(N2CCN(C(=O)c3nn4c(C(F)(F)F)cc(C5CCC5)cc4c3Cl)CC2=O)CN1. The molecule has 1 atom stereocenters. The van der Waals surface area contributed by atoms with Crippen molar-refractivity contribution in [2.24, 2.45) is 0 Å². The molecule has 33 heavy (non-hydrogen) atoms. The number of carbonyl (C=O) groups is 3. The molecule has 5 rings (SSSR count). The van der Waals surface area contributed by atoms with Crippen LogP contribution >= 0.6 is 11.6 Å². The third-order valence-corrected chi connectivity index (χ3v) is 7.08. The van der Waals surface area contributed by atoms with Crippen molar-refractivity contribution in [3.63, 3.8) is 0 Å². The average molecular weight is 484 g/mol. The smallest absolute Gasteiger partial charge is 0.354 e. The number of amides is 3. The molecule has 2 aliphatic heterocycles. The first kappa shape index (κ1) is 22.0. The summed E-state index contributed by atoms with van der Waals surface area (Å²) in [5.41, 5.74) is -0.739. The summed E-state index contributed by atoms with van der Waals surface area (Å²) in [5.74, 6) is -1.14. The van der Waals surface area contributed by atoms with Crippen LogP contribution in [-0.2, 0) is 15.8 Å². The van der Waals surface area contributed by atoms with Gasteiger partial charge in [-0.3, -0.25) is 14.4 Å². The molecule has 3 fully saturated rings. The maximum atomic E-state index is 13.8. The number of pyridine rings is 1. The Morgan fingerprint density at radius 1 is 1.18 bits per heavy atom. The lowest BCUT2D eigenvalue weighted by Gasteiger charge is -2.36. The number of piperazine rings is 1. The second kappa shape index (κ2) is 7.89. The van der Waals surface area contributed by atoms with E-state index in [0.29, 0.717) is 16.6 Å². The van der Waals surface area contributed by atoms with Gasteiger partial charge >= 0.3 is 6.18 Å². The highest BCUT2D eigenvalue weighted by atomic mass is 35.5. The molecule has 12 heteroatoms. The van der Waals surface area contributed by atoms with Crippen molar-refractivity contribution in [3.8, 4) is 0 Å². The van der Waals surface area contributed by atoms with Gasteiger partial charge in [0, 0.05) is 26.1 Å². The molecule has 1 unspecified atom stereocenters. The Bertz CT molecular complexity index is 1160. The number of rotatable bonds is 3. The largest absolute Gasteiger partial charge is 0.433 e. The maximum absolute atomic E-state index is 13.8. The molecule has 3 amide bonds. The molecule has 2 aromatic rings. The summed E-state index contributed by atoms with van der Waals surface area (Å²) in [6.45, 7) is 0.487. The highest BCUT2D eigenvalue weighted by Crippen LogP contribution is 2.41. The second-order valence-electron chi connectivity index (χ2n) is 8.74. The molecule has 8 nitrogen and oxygen atoms in total. The number of alkyl halides is 3. The topological polar surface area (TPSA) is 87.0 Å². The maximum Gasteiger partial charge on any atom is 0.433 e. The van der Waals surface area contributed by atoms with Gasteiger partial charge in [0.05, 0.1) is 16.6 Å². The van der Waals surface area contributed by atoms with Gasteiger partial charge in [-0.15, -0.1) is 0 Å². The van der Waals surface area contributed by atoms with Crippen molar-refractivity contribution in [2.75, 3.05) is 26.2 Å². The monoisotopic (exact) mass is 483 g/mol. The fourth-order valence-corrected chi connectivity index (χ4v) is 4.91. The number of nitrogens with one attached hydrogen (secondary N) is 1. The zero-order valence-corrected chi connectivity index (χ0v) is 18.2. The van der Waals surface area contributed by atoms with Gasteiger partial charge in [-0.25, -0.2) is 4.52 Å². The summed E-state index contributed by atoms with van der Waals surface area (Å²) in [6, 6.07) is 2.38. The van der Waals surface area contributed by atoms with Gasteiger partial charge in [-0.1, -0.05) is 18.0 Å². The summed E-state index contributed by atoms with van der Waals surface area (Å²) in [4.78, 5) is 40.0. The van der Waals surface area contributed by atoms with Crippen LogP contribution in [0.15, 0.2) is 12.1 Å². The molecule has 0 bridgehead atoms. The second-order valence-corrected chi connectivity index (χ2v) is 9.11. The van der Waals surface area contributed by atoms with Crippen molar-refractivity contribution >= 4 is 34.8 Å². The van der Waals surface area contributed by atoms with E-state index < -0.39 is 17.8 Å². The van der Waals surface area contributed by atoms with Gasteiger partial charge in [-0.2, -0.15) is 18.3 Å². The molecule has 0 radical (unpaired) electrons. The zero-order chi connectivity index (χ0) is 23.5. The van der Waals surface area contributed by atoms with E-state index in [9.17, 15) is 27.6 Å². The van der Waals surface area contributed by atoms with Gasteiger partial charge in [0.15, 0.2) is 5.69 Å². The Balaban J connectivity index is 1.44. The van der Waals surface area contributed by atoms with E-state index in [1.54, 1.807) is 11.0 Å². The van der Waals surface area contributed by atoms with Crippen LogP contribution in [0.5, 0.6) is 0 Å². The molecule has 2 saturated heterocycles. The summed E-state index contributed by atoms with van der Waals surface area (Å²) in [5, 5.41) is 6.44. The van der Waals surface area contributed by atoms with Crippen LogP contribution in [0.4, 0.5) is 13.2 Å². The summed E-state index contributed by atoms with van der Waals surface area (Å²) >= 11 is 6.38. The molecule has 4 heterocycles. The standard InChI is InChI=1S/C21H21ClF3N5O3/c22-18-14-6-12(11-2-1-3-11)7-15(21(23,24)25)30(14)27-19(18)20(33)28-4-5-29(17(32)10-28)13-8-16(31)26-9-13/h6-7,11,13H,1-5,8-10H2,(H,26,31). The molecule has 176 valence electrons. The first-order chi connectivity index (χ1) is 15.6. The summed E-state index contributed by atoms with van der Waals surface area (Å²) < 4.78 is 42.0. The third kappa shape index (κ3) is 3.81. The van der Waals surface area contributed by atoms with Crippen LogP contribution in [0.3, 0.4) is 0 Å². The Kier molecular flexibility index (Phi) is 5.26. The molecule has 1 saturated carbocycles. The van der Waals surface area contributed by atoms with E-state index in [-0.39, 0.29) is 66.1 Å². The van der Waals surface area contributed by atoms with Crippen LogP contribution in [-0.4, -0.2) is 69.4 Å². The molecule has 0 aromatic carbocycles. The summed E-state index contributed by atoms with van der Waals surface area (Å²) in [7, 11) is 0. The number of halogens is 4. The number of aromatic nitrogens is 2. The fraction of sp³-hybridized carbons (Fsp3) is 0.524. The van der Waals surface area contributed by atoms with Gasteiger partial charge in [0.2, 0.25) is 11.8 Å². The Labute approximate surface area is 191 Å². The number of hydrogen-bond donors (Lipinski definition) is 1. The molecule has 1 aliphatic carbocycles. The minimum absolute atomic E-state index is 0.0252. The van der Waals surface area contributed by atoms with Crippen LogP contribution in [0, 0.1) is 0 Å². The highest BCUT2D eigenvalue weighted by molar-refractivity contribution is 6.36. The Hall–Kier alpha value is -2.82. The third-order valence-electron chi connectivity index (χ3n) is 6.71. The van der Waals surface area contributed by atoms with Crippen LogP contribution in [0.2, 0.25) is 5.02 Å². The number of nitrogens with zero attached hydrogens (tertiary/aromatic N) is 4. The first-order valence-corrected chi connectivity index (χ1v) is 11.2. The van der Waals surface area contributed by atoms with E-state index in [1.165, 1.54) is 4.90 Å². The van der Waals surface area contributed by atoms with E-state index >= 15 is 0 Å². The Morgan fingerprint density at radius 3 is 2.52 bits per heavy atom. The summed E-state index contributed by atoms with van der Waals surface area (Å²) in [6.07, 6.45) is -1.90. The van der Waals surface area contributed by atoms with Gasteiger partial charge in [0.1, 0.15) is 12.2 Å². The zero-order valence-electron chi connectivity index (χ0n) is 17.5. The minimum Gasteiger partial charge on any atom is -0.354 e. The van der Waals surface area contributed by atoms with E-state index in [2.05, 4.69) is 10.4 Å². The normalized spacial score (nSPS) is 22.1. The van der Waals surface area contributed by atoms with Crippen molar-refractivity contribution in [2.45, 2.75) is 43.8 Å². The fourth-order valence-electron chi connectivity index (χ4n) is 4.66. The highest BCUT2D eigenvalue weighted by Gasteiger charge is 2.39. The van der Waals surface area contributed by atoms with Gasteiger partial charge < -0.3 is 15.1 Å². The van der Waals surface area contributed by atoms with E-state index in [1.807, 2.05) is 0 Å². The average Bonchev–Trinajstić information content (AvgIpc) is 3.28. The Morgan fingerprint density at radius 2 is 1.94 bits per heavy atom. The lowest BCUT2D eigenvalue weighted by atomic mass is 9.80. The quantitative estimate of drug-likeness (QED) is 0.726. The predicted molar refractivity (Wildman–Crippen MR) is 111 cm³/mol. The van der Waals surface area contributed by atoms with Gasteiger partial charge in [-0.05, 0) is 36.5 Å².